The molecular formula is C12H9P. The van der Waals surface area contributed by atoms with Gasteiger partial charge < -0.3 is 0 Å². The van der Waals surface area contributed by atoms with Crippen LogP contribution in [0.2, 0.25) is 0 Å². The van der Waals surface area contributed by atoms with Gasteiger partial charge >= 0.3 is 0 Å². The van der Waals surface area contributed by atoms with Gasteiger partial charge in [-0.1, -0.05) is 54.7 Å². The first kappa shape index (κ1) is 7.29. The SMILES string of the molecule is C1=CC2=CC=CC3=CC=CC(=C1)P23. The van der Waals surface area contributed by atoms with Gasteiger partial charge in [-0.15, -0.1) is 0 Å². The van der Waals surface area contributed by atoms with Crippen LogP contribution in [0.25, 0.3) is 0 Å². The molecule has 0 spiro atoms. The number of allylic oxidation sites excluding steroid dienone is 12. The van der Waals surface area contributed by atoms with Crippen LogP contribution in [0.5, 0.6) is 0 Å². The van der Waals surface area contributed by atoms with E-state index in [2.05, 4.69) is 54.7 Å². The first-order chi connectivity index (χ1) is 6.45. The molecule has 0 aromatic carbocycles. The predicted molar refractivity (Wildman–Crippen MR) is 58.6 cm³/mol. The summed E-state index contributed by atoms with van der Waals surface area (Å²) in [6.45, 7) is 0. The lowest BCUT2D eigenvalue weighted by Gasteiger charge is -2.28. The molecular weight excluding hydrogens is 175 g/mol. The number of rotatable bonds is 0. The molecule has 0 nitrogen and oxygen atoms in total. The molecule has 0 unspecified atom stereocenters. The topological polar surface area (TPSA) is 0 Å². The van der Waals surface area contributed by atoms with Crippen molar-refractivity contribution in [2.24, 2.45) is 0 Å². The summed E-state index contributed by atoms with van der Waals surface area (Å²) < 4.78 is 0. The standard InChI is InChI=1S/C12H9P/c1-4-10-6-2-8-12-9-3-7-11(5-1)13(10)12/h1-9H. The van der Waals surface area contributed by atoms with E-state index in [1.54, 1.807) is 0 Å². The van der Waals surface area contributed by atoms with Crippen LogP contribution >= 0.6 is 7.92 Å². The van der Waals surface area contributed by atoms with Crippen LogP contribution in [-0.2, 0) is 0 Å². The lowest BCUT2D eigenvalue weighted by atomic mass is 10.3. The molecule has 62 valence electrons. The van der Waals surface area contributed by atoms with Gasteiger partial charge in [-0.05, 0) is 23.9 Å². The molecule has 13 heavy (non-hydrogen) atoms. The molecule has 0 fully saturated rings. The van der Waals surface area contributed by atoms with Gasteiger partial charge in [0.1, 0.15) is 0 Å². The summed E-state index contributed by atoms with van der Waals surface area (Å²) in [6, 6.07) is 0. The van der Waals surface area contributed by atoms with Crippen LogP contribution in [0.3, 0.4) is 0 Å². The average Bonchev–Trinajstić information content (AvgIpc) is 2.19. The largest absolute Gasteiger partial charge is 0.0610 e. The molecule has 1 heteroatoms. The van der Waals surface area contributed by atoms with Crippen molar-refractivity contribution in [3.63, 3.8) is 0 Å². The Morgan fingerprint density at radius 1 is 0.615 bits per heavy atom. The second-order valence-corrected chi connectivity index (χ2v) is 5.41. The Hall–Kier alpha value is -1.13. The highest BCUT2D eigenvalue weighted by Gasteiger charge is 2.23. The Kier molecular flexibility index (Phi) is 1.50. The van der Waals surface area contributed by atoms with E-state index in [1.165, 1.54) is 15.9 Å². The van der Waals surface area contributed by atoms with Crippen LogP contribution in [0, 0.1) is 0 Å². The number of hydrogen-bond donors (Lipinski definition) is 0. The average molecular weight is 184 g/mol. The summed E-state index contributed by atoms with van der Waals surface area (Å²) in [7, 11) is -0.161. The molecule has 0 saturated carbocycles. The Morgan fingerprint density at radius 2 is 1.00 bits per heavy atom. The third-order valence-electron chi connectivity index (χ3n) is 2.38. The van der Waals surface area contributed by atoms with E-state index in [0.29, 0.717) is 0 Å². The van der Waals surface area contributed by atoms with Crippen molar-refractivity contribution in [3.8, 4) is 0 Å². The minimum atomic E-state index is -0.161. The quantitative estimate of drug-likeness (QED) is 0.502. The van der Waals surface area contributed by atoms with Gasteiger partial charge in [0.15, 0.2) is 0 Å². The number of hydrogen-bond acceptors (Lipinski definition) is 0. The highest BCUT2D eigenvalue weighted by atomic mass is 31.1. The fourth-order valence-electron chi connectivity index (χ4n) is 1.80. The maximum absolute atomic E-state index is 2.23. The molecule has 3 aliphatic rings. The molecule has 3 aliphatic heterocycles. The van der Waals surface area contributed by atoms with Crippen molar-refractivity contribution in [3.05, 3.63) is 70.6 Å². The van der Waals surface area contributed by atoms with Crippen molar-refractivity contribution in [1.29, 1.82) is 0 Å². The van der Waals surface area contributed by atoms with Crippen LogP contribution in [-0.4, -0.2) is 0 Å². The van der Waals surface area contributed by atoms with Gasteiger partial charge in [0.05, 0.1) is 0 Å². The summed E-state index contributed by atoms with van der Waals surface area (Å²) >= 11 is 0. The molecule has 0 bridgehead atoms. The maximum atomic E-state index is 2.23. The van der Waals surface area contributed by atoms with Crippen molar-refractivity contribution >= 4 is 7.92 Å². The first-order valence-corrected chi connectivity index (χ1v) is 5.74. The van der Waals surface area contributed by atoms with Gasteiger partial charge in [0, 0.05) is 0 Å². The second-order valence-electron chi connectivity index (χ2n) is 3.19. The summed E-state index contributed by atoms with van der Waals surface area (Å²) in [4.78, 5) is 0. The normalized spacial score (nSPS) is 23.5. The molecule has 3 heterocycles. The highest BCUT2D eigenvalue weighted by molar-refractivity contribution is 7.71. The van der Waals surface area contributed by atoms with E-state index in [9.17, 15) is 0 Å². The van der Waals surface area contributed by atoms with Crippen molar-refractivity contribution in [1.82, 2.24) is 0 Å². The molecule has 0 radical (unpaired) electrons. The lowest BCUT2D eigenvalue weighted by molar-refractivity contribution is 1.63. The van der Waals surface area contributed by atoms with Gasteiger partial charge in [-0.2, -0.15) is 0 Å². The van der Waals surface area contributed by atoms with Crippen molar-refractivity contribution in [2.75, 3.05) is 0 Å². The van der Waals surface area contributed by atoms with E-state index in [0.717, 1.165) is 0 Å². The molecule has 3 rings (SSSR count). The molecule has 0 aromatic heterocycles. The predicted octanol–water partition coefficient (Wildman–Crippen LogP) is 3.83. The van der Waals surface area contributed by atoms with E-state index in [4.69, 9.17) is 0 Å². The maximum Gasteiger partial charge on any atom is -0.0134 e. The van der Waals surface area contributed by atoms with Gasteiger partial charge in [-0.3, -0.25) is 0 Å². The molecule has 0 atom stereocenters. The van der Waals surface area contributed by atoms with Gasteiger partial charge in [0.2, 0.25) is 0 Å². The Morgan fingerprint density at radius 3 is 1.38 bits per heavy atom. The lowest BCUT2D eigenvalue weighted by Crippen LogP contribution is -1.95. The Labute approximate surface area is 79.1 Å². The van der Waals surface area contributed by atoms with Crippen LogP contribution < -0.4 is 0 Å². The zero-order valence-corrected chi connectivity index (χ0v) is 8.04. The Balaban J connectivity index is 2.23. The minimum Gasteiger partial charge on any atom is -0.0610 e. The summed E-state index contributed by atoms with van der Waals surface area (Å²) in [6.07, 6.45) is 19.8. The summed E-state index contributed by atoms with van der Waals surface area (Å²) in [5.41, 5.74) is 0. The third-order valence-corrected chi connectivity index (χ3v) is 4.82. The molecule has 0 saturated heterocycles. The van der Waals surface area contributed by atoms with Crippen LogP contribution in [0.4, 0.5) is 0 Å². The first-order valence-electron chi connectivity index (χ1n) is 4.40. The highest BCUT2D eigenvalue weighted by Crippen LogP contribution is 2.64. The van der Waals surface area contributed by atoms with Crippen molar-refractivity contribution < 1.29 is 0 Å². The van der Waals surface area contributed by atoms with E-state index in [1.807, 2.05) is 0 Å². The second kappa shape index (κ2) is 2.68. The fraction of sp³-hybridized carbons (Fsp3) is 0. The van der Waals surface area contributed by atoms with Gasteiger partial charge in [0.25, 0.3) is 0 Å². The van der Waals surface area contributed by atoms with Crippen LogP contribution in [0.1, 0.15) is 0 Å². The van der Waals surface area contributed by atoms with Gasteiger partial charge in [-0.25, -0.2) is 0 Å². The third kappa shape index (κ3) is 1.03. The Bertz CT molecular complexity index is 361. The molecule has 0 aromatic rings. The molecule has 0 aliphatic carbocycles. The van der Waals surface area contributed by atoms with E-state index >= 15 is 0 Å². The zero-order valence-electron chi connectivity index (χ0n) is 7.14. The van der Waals surface area contributed by atoms with E-state index in [-0.39, 0.29) is 7.92 Å². The summed E-state index contributed by atoms with van der Waals surface area (Å²) in [5, 5.41) is 4.43. The monoisotopic (exact) mass is 184 g/mol. The zero-order chi connectivity index (χ0) is 8.67. The summed E-state index contributed by atoms with van der Waals surface area (Å²) in [5.74, 6) is 0. The fourth-order valence-corrected chi connectivity index (χ4v) is 4.10. The minimum absolute atomic E-state index is 0.161. The molecule has 0 N–H and O–H groups in total. The van der Waals surface area contributed by atoms with Crippen molar-refractivity contribution in [2.45, 2.75) is 0 Å². The molecule has 0 amide bonds. The smallest absolute Gasteiger partial charge is 0.0134 e. The van der Waals surface area contributed by atoms with E-state index < -0.39 is 0 Å². The van der Waals surface area contributed by atoms with Crippen LogP contribution in [0.15, 0.2) is 70.6 Å².